The van der Waals surface area contributed by atoms with E-state index in [1.807, 2.05) is 0 Å². The Bertz CT molecular complexity index is 5170. The van der Waals surface area contributed by atoms with Crippen LogP contribution < -0.4 is 0 Å². The maximum absolute atomic E-state index is 2.50. The first-order valence-corrected chi connectivity index (χ1v) is 27.1. The number of aromatic nitrogens is 5. The molecule has 12 aromatic carbocycles. The lowest BCUT2D eigenvalue weighted by molar-refractivity contribution is 1.16. The van der Waals surface area contributed by atoms with Crippen LogP contribution in [-0.4, -0.2) is 22.8 Å². The van der Waals surface area contributed by atoms with Gasteiger partial charge in [-0.05, 0) is 150 Å². The van der Waals surface area contributed by atoms with Gasteiger partial charge in [0.15, 0.2) is 0 Å². The van der Waals surface area contributed by atoms with E-state index in [4.69, 9.17) is 0 Å². The molecule has 18 rings (SSSR count). The minimum atomic E-state index is 0.956. The summed E-state index contributed by atoms with van der Waals surface area (Å²) in [5.74, 6) is 0. The second-order valence-electron chi connectivity index (χ2n) is 21.2. The molecule has 0 saturated carbocycles. The van der Waals surface area contributed by atoms with Gasteiger partial charge in [0.05, 0.1) is 55.2 Å². The van der Waals surface area contributed by atoms with Gasteiger partial charge in [-0.2, -0.15) is 0 Å². The molecule has 362 valence electrons. The first-order valence-electron chi connectivity index (χ1n) is 27.1. The number of hydrogen-bond acceptors (Lipinski definition) is 0. The van der Waals surface area contributed by atoms with Crippen LogP contribution in [0.2, 0.25) is 0 Å². The van der Waals surface area contributed by atoms with Crippen molar-refractivity contribution < 1.29 is 0 Å². The third-order valence-corrected chi connectivity index (χ3v) is 17.2. The number of hydrogen-bond donors (Lipinski definition) is 0. The van der Waals surface area contributed by atoms with Crippen LogP contribution in [0.15, 0.2) is 255 Å². The topological polar surface area (TPSA) is 24.6 Å². The third kappa shape index (κ3) is 5.69. The molecule has 0 bridgehead atoms. The van der Waals surface area contributed by atoms with E-state index in [0.717, 1.165) is 34.9 Å². The molecule has 0 unspecified atom stereocenters. The van der Waals surface area contributed by atoms with Crippen LogP contribution in [0.3, 0.4) is 0 Å². The van der Waals surface area contributed by atoms with Gasteiger partial charge in [0.1, 0.15) is 0 Å². The highest BCUT2D eigenvalue weighted by atomic mass is 15.0. The average molecular weight is 992 g/mol. The van der Waals surface area contributed by atoms with E-state index >= 15 is 0 Å². The second kappa shape index (κ2) is 15.6. The number of allylic oxidation sites excluding steroid dienone is 1. The molecule has 0 spiro atoms. The van der Waals surface area contributed by atoms with Crippen LogP contribution in [0, 0.1) is 0 Å². The van der Waals surface area contributed by atoms with Gasteiger partial charge in [0.25, 0.3) is 0 Å². The predicted molar refractivity (Wildman–Crippen MR) is 328 cm³/mol. The van der Waals surface area contributed by atoms with Crippen molar-refractivity contribution in [3.8, 4) is 28.4 Å². The van der Waals surface area contributed by atoms with Gasteiger partial charge < -0.3 is 22.8 Å². The van der Waals surface area contributed by atoms with Crippen LogP contribution in [-0.2, 0) is 6.42 Å². The highest BCUT2D eigenvalue weighted by molar-refractivity contribution is 6.21. The Morgan fingerprint density at radius 3 is 1.05 bits per heavy atom. The van der Waals surface area contributed by atoms with Crippen molar-refractivity contribution in [3.63, 3.8) is 0 Å². The van der Waals surface area contributed by atoms with Crippen molar-refractivity contribution in [1.29, 1.82) is 0 Å². The van der Waals surface area contributed by atoms with Crippen LogP contribution in [0.1, 0.15) is 11.1 Å². The summed E-state index contributed by atoms with van der Waals surface area (Å²) in [5, 5.41) is 14.9. The highest BCUT2D eigenvalue weighted by Crippen LogP contribution is 2.45. The molecule has 0 radical (unpaired) electrons. The normalized spacial score (nSPS) is 12.8. The zero-order chi connectivity index (χ0) is 50.7. The molecule has 1 aliphatic rings. The molecule has 0 saturated heterocycles. The summed E-state index contributed by atoms with van der Waals surface area (Å²) < 4.78 is 12.4. The minimum Gasteiger partial charge on any atom is -0.309 e. The summed E-state index contributed by atoms with van der Waals surface area (Å²) in [5.41, 5.74) is 20.2. The molecule has 17 aromatic rings. The van der Waals surface area contributed by atoms with Gasteiger partial charge in [0, 0.05) is 82.3 Å². The number of benzene rings is 12. The van der Waals surface area contributed by atoms with Gasteiger partial charge in [-0.3, -0.25) is 0 Å². The molecule has 5 nitrogen and oxygen atoms in total. The standard InChI is InChI=1S/C73H45N5/c1-3-21-48(22-4-1)74-63-29-11-7-25-53(63)59-43-71-61(41-69(59)74)55-27-9-13-31-65(55)76(71)50-33-35-67-57(39-50)58-40-51(34-36-68(58)78(67)52-37-46-19-15-17-45-18-16-20-47(38-52)73(45)46)77-66-32-14-10-28-56(66)62-42-70-60(44-72(62)77)54-26-8-12-30-64(54)75(70)49-23-5-2-6-24-49/h1-17,19-44H,18H2. The molecule has 5 heterocycles. The molecule has 0 amide bonds. The van der Waals surface area contributed by atoms with Crippen LogP contribution in [0.5, 0.6) is 0 Å². The number of rotatable bonds is 5. The van der Waals surface area contributed by atoms with E-state index in [9.17, 15) is 0 Å². The molecule has 5 aromatic heterocycles. The van der Waals surface area contributed by atoms with Crippen molar-refractivity contribution in [3.05, 3.63) is 266 Å². The lowest BCUT2D eigenvalue weighted by Crippen LogP contribution is -1.99. The molecular formula is C73H45N5. The molecule has 5 heteroatoms. The largest absolute Gasteiger partial charge is 0.309 e. The van der Waals surface area contributed by atoms with Crippen LogP contribution in [0.25, 0.3) is 154 Å². The maximum Gasteiger partial charge on any atom is 0.0548 e. The second-order valence-corrected chi connectivity index (χ2v) is 21.2. The Morgan fingerprint density at radius 1 is 0.231 bits per heavy atom. The lowest BCUT2D eigenvalue weighted by atomic mass is 9.92. The van der Waals surface area contributed by atoms with E-state index in [0.29, 0.717) is 0 Å². The van der Waals surface area contributed by atoms with E-state index in [1.54, 1.807) is 0 Å². The number of nitrogens with zero attached hydrogens (tertiary/aromatic N) is 5. The molecule has 78 heavy (non-hydrogen) atoms. The molecule has 0 fully saturated rings. The smallest absolute Gasteiger partial charge is 0.0548 e. The van der Waals surface area contributed by atoms with Crippen molar-refractivity contribution in [2.75, 3.05) is 0 Å². The Labute approximate surface area is 447 Å². The Kier molecular flexibility index (Phi) is 8.39. The summed E-state index contributed by atoms with van der Waals surface area (Å²) in [4.78, 5) is 0. The van der Waals surface area contributed by atoms with Crippen LogP contribution >= 0.6 is 0 Å². The molecule has 0 aliphatic heterocycles. The molecule has 1 aliphatic carbocycles. The molecular weight excluding hydrogens is 947 g/mol. The van der Waals surface area contributed by atoms with E-state index < -0.39 is 0 Å². The number of para-hydroxylation sites is 6. The first-order chi connectivity index (χ1) is 38.7. The zero-order valence-electron chi connectivity index (χ0n) is 42.3. The van der Waals surface area contributed by atoms with Gasteiger partial charge in [-0.25, -0.2) is 0 Å². The Morgan fingerprint density at radius 2 is 0.603 bits per heavy atom. The lowest BCUT2D eigenvalue weighted by Gasteiger charge is -2.16. The van der Waals surface area contributed by atoms with Crippen molar-refractivity contribution >= 4 is 126 Å². The average Bonchev–Trinajstić information content (AvgIpc) is 4.36. The summed E-state index contributed by atoms with van der Waals surface area (Å²) in [6.45, 7) is 0. The molecule has 0 atom stereocenters. The summed E-state index contributed by atoms with van der Waals surface area (Å²) in [7, 11) is 0. The summed E-state index contributed by atoms with van der Waals surface area (Å²) >= 11 is 0. The first kappa shape index (κ1) is 41.9. The van der Waals surface area contributed by atoms with Gasteiger partial charge >= 0.3 is 0 Å². The maximum atomic E-state index is 2.50. The SMILES string of the molecule is C1=Cc2cc(-n3c4ccc(-n5c6ccccc6c6cc7c(cc65)c5ccccc5n7-c5ccccc5)cc4c4cc(-n5c6ccccc6c6cc7c(cc65)c5ccccc5n7-c5ccccc5)ccc43)cc3cccc(c23)C1. The quantitative estimate of drug-likeness (QED) is 0.164. The van der Waals surface area contributed by atoms with E-state index in [1.165, 1.54) is 131 Å². The Balaban J connectivity index is 0.920. The summed E-state index contributed by atoms with van der Waals surface area (Å²) in [6, 6.07) is 92.8. The van der Waals surface area contributed by atoms with Gasteiger partial charge in [-0.15, -0.1) is 0 Å². The summed E-state index contributed by atoms with van der Waals surface area (Å²) in [6.07, 6.45) is 5.58. The third-order valence-electron chi connectivity index (χ3n) is 17.2. The minimum absolute atomic E-state index is 0.956. The zero-order valence-corrected chi connectivity index (χ0v) is 42.3. The number of fused-ring (bicyclic) bond motifs is 15. The fourth-order valence-electron chi connectivity index (χ4n) is 14.0. The molecule has 0 N–H and O–H groups in total. The van der Waals surface area contributed by atoms with Gasteiger partial charge in [-0.1, -0.05) is 140 Å². The monoisotopic (exact) mass is 991 g/mol. The van der Waals surface area contributed by atoms with Crippen molar-refractivity contribution in [1.82, 2.24) is 22.8 Å². The van der Waals surface area contributed by atoms with Crippen LogP contribution in [0.4, 0.5) is 0 Å². The van der Waals surface area contributed by atoms with Crippen molar-refractivity contribution in [2.24, 2.45) is 0 Å². The van der Waals surface area contributed by atoms with Gasteiger partial charge in [0.2, 0.25) is 0 Å². The fourth-order valence-corrected chi connectivity index (χ4v) is 14.0. The fraction of sp³-hybridized carbons (Fsp3) is 0.0137. The Hall–Kier alpha value is -10.4. The van der Waals surface area contributed by atoms with E-state index in [-0.39, 0.29) is 0 Å². The van der Waals surface area contributed by atoms with E-state index in [2.05, 4.69) is 284 Å². The predicted octanol–water partition coefficient (Wildman–Crippen LogP) is 18.9. The highest BCUT2D eigenvalue weighted by Gasteiger charge is 2.24. The van der Waals surface area contributed by atoms with Crippen molar-refractivity contribution in [2.45, 2.75) is 6.42 Å².